The number of hydrogen-bond acceptors (Lipinski definition) is 5. The van der Waals surface area contributed by atoms with Crippen molar-refractivity contribution < 1.29 is 22.1 Å². The summed E-state index contributed by atoms with van der Waals surface area (Å²) < 4.78 is 35.5. The monoisotopic (exact) mass is 811 g/mol. The van der Waals surface area contributed by atoms with Gasteiger partial charge in [0.05, 0.1) is 23.9 Å². The Kier molecular flexibility index (Phi) is 13.4. The molecule has 0 aliphatic heterocycles. The lowest BCUT2D eigenvalue weighted by molar-refractivity contribution is -0.150. The molecule has 0 bridgehead atoms. The zero-order chi connectivity index (χ0) is 39.7. The maximum absolute atomic E-state index is 7.51. The maximum Gasteiger partial charge on any atom is 0.184 e. The average molecular weight is 812 g/mol. The van der Waals surface area contributed by atoms with E-state index >= 15 is 0 Å². The van der Waals surface area contributed by atoms with Crippen molar-refractivity contribution in [1.29, 1.82) is 0 Å². The van der Waals surface area contributed by atoms with Gasteiger partial charge in [-0.25, -0.2) is 0 Å². The second-order valence-electron chi connectivity index (χ2n) is 23.8. The molecular weight excluding hydrogens is 725 g/mol. The van der Waals surface area contributed by atoms with Crippen molar-refractivity contribution in [2.45, 2.75) is 214 Å². The van der Waals surface area contributed by atoms with E-state index in [2.05, 4.69) is 139 Å². The van der Waals surface area contributed by atoms with Gasteiger partial charge in [-0.15, -0.1) is 0 Å². The van der Waals surface area contributed by atoms with E-state index in [-0.39, 0.29) is 28.6 Å². The number of hydrogen-bond donors (Lipinski definition) is 0. The summed E-state index contributed by atoms with van der Waals surface area (Å²) in [7, 11) is -8.79. The third-order valence-electron chi connectivity index (χ3n) is 13.1. The highest BCUT2D eigenvalue weighted by Gasteiger charge is 2.66. The standard InChI is InChI=1S/C42H86O5Si5/c1-30(21-24-37(45-50(12,13)14)40(2,3)47-52(18,19)20)33-22-23-34-39-35(29-38(42(33,34)5)46-51(15,16)17)41(4)26-25-32(43-48(6,7)8)27-31(41)28-36(39)44-49(9,10)11/h28,30,32-39H,21-27,29H2,1-20H3/t30-,32+,33-,34?,35?,36-,37?,38+,39?,41+,42-/m1/s1. The summed E-state index contributed by atoms with van der Waals surface area (Å²) in [5.74, 6) is 2.95. The summed E-state index contributed by atoms with van der Waals surface area (Å²) in [5, 5.41) is 0. The molecule has 4 aliphatic rings. The Bertz CT molecular complexity index is 1250. The van der Waals surface area contributed by atoms with Crippen LogP contribution in [0.15, 0.2) is 11.6 Å². The van der Waals surface area contributed by atoms with Crippen molar-refractivity contribution in [1.82, 2.24) is 0 Å². The predicted molar refractivity (Wildman–Crippen MR) is 236 cm³/mol. The molecule has 0 saturated heterocycles. The molecule has 304 valence electrons. The van der Waals surface area contributed by atoms with Gasteiger partial charge in [0.1, 0.15) is 0 Å². The van der Waals surface area contributed by atoms with Crippen molar-refractivity contribution in [3.63, 3.8) is 0 Å². The maximum atomic E-state index is 7.51. The lowest BCUT2D eigenvalue weighted by atomic mass is 9.45. The largest absolute Gasteiger partial charge is 0.414 e. The van der Waals surface area contributed by atoms with Gasteiger partial charge in [0.15, 0.2) is 41.6 Å². The van der Waals surface area contributed by atoms with E-state index in [4.69, 9.17) is 22.1 Å². The number of fused-ring (bicyclic) bond motifs is 5. The zero-order valence-corrected chi connectivity index (χ0v) is 43.0. The molecule has 0 spiro atoms. The minimum Gasteiger partial charge on any atom is -0.414 e. The van der Waals surface area contributed by atoms with Crippen molar-refractivity contribution in [3.05, 3.63) is 11.6 Å². The minimum absolute atomic E-state index is 0.111. The van der Waals surface area contributed by atoms with E-state index < -0.39 is 41.6 Å². The summed E-state index contributed by atoms with van der Waals surface area (Å²) in [4.78, 5) is 0. The highest BCUT2D eigenvalue weighted by atomic mass is 28.4. The lowest BCUT2D eigenvalue weighted by Gasteiger charge is -2.63. The molecule has 3 fully saturated rings. The van der Waals surface area contributed by atoms with Gasteiger partial charge in [0.2, 0.25) is 0 Å². The van der Waals surface area contributed by atoms with Crippen molar-refractivity contribution in [2.75, 3.05) is 0 Å². The van der Waals surface area contributed by atoms with E-state index in [0.29, 0.717) is 41.8 Å². The van der Waals surface area contributed by atoms with E-state index in [1.165, 1.54) is 38.5 Å². The SMILES string of the molecule is C[C@H](CCC(O[Si](C)(C)C)C(C)(C)O[Si](C)(C)C)[C@H]1CCC2C3C(C[C@H](O[Si](C)(C)C)[C@@]21C)[C@@]1(C)CC[C@H](O[Si](C)(C)C)CC1=C[C@H]3O[Si](C)(C)C. The summed E-state index contributed by atoms with van der Waals surface area (Å²) in [6.45, 7) is 48.0. The molecule has 11 atom stereocenters. The molecule has 0 heterocycles. The molecule has 4 rings (SSSR count). The molecule has 0 aromatic carbocycles. The molecule has 0 aromatic heterocycles. The van der Waals surface area contributed by atoms with E-state index in [1.54, 1.807) is 5.57 Å². The third kappa shape index (κ3) is 11.0. The topological polar surface area (TPSA) is 46.2 Å². The fraction of sp³-hybridized carbons (Fsp3) is 0.952. The highest BCUT2D eigenvalue weighted by Crippen LogP contribution is 2.68. The molecule has 0 N–H and O–H groups in total. The summed E-state index contributed by atoms with van der Waals surface area (Å²) >= 11 is 0. The Morgan fingerprint density at radius 1 is 0.712 bits per heavy atom. The van der Waals surface area contributed by atoms with Crippen molar-refractivity contribution in [3.8, 4) is 0 Å². The second kappa shape index (κ2) is 15.4. The summed E-state index contributed by atoms with van der Waals surface area (Å²) in [6.07, 6.45) is 13.1. The molecular formula is C42H86O5Si5. The molecule has 3 saturated carbocycles. The van der Waals surface area contributed by atoms with Crippen LogP contribution >= 0.6 is 0 Å². The first kappa shape index (κ1) is 45.3. The quantitative estimate of drug-likeness (QED) is 0.122. The third-order valence-corrected chi connectivity index (χ3v) is 18.3. The van der Waals surface area contributed by atoms with Crippen LogP contribution in [0.1, 0.15) is 86.0 Å². The molecule has 0 amide bonds. The second-order valence-corrected chi connectivity index (χ2v) is 46.1. The number of rotatable bonds is 15. The molecule has 10 heteroatoms. The highest BCUT2D eigenvalue weighted by molar-refractivity contribution is 6.71. The van der Waals surface area contributed by atoms with Gasteiger partial charge in [-0.05, 0) is 204 Å². The fourth-order valence-electron chi connectivity index (χ4n) is 11.7. The van der Waals surface area contributed by atoms with Gasteiger partial charge in [-0.2, -0.15) is 0 Å². The van der Waals surface area contributed by atoms with Gasteiger partial charge < -0.3 is 22.1 Å². The molecule has 0 radical (unpaired) electrons. The Hall–Kier alpha value is 0.624. The molecule has 4 unspecified atom stereocenters. The Balaban J connectivity index is 1.71. The van der Waals surface area contributed by atoms with Crippen molar-refractivity contribution in [2.24, 2.45) is 40.4 Å². The fourth-order valence-corrected chi connectivity index (χ4v) is 18.1. The molecule has 5 nitrogen and oxygen atoms in total. The molecule has 52 heavy (non-hydrogen) atoms. The van der Waals surface area contributed by atoms with Gasteiger partial charge >= 0.3 is 0 Å². The van der Waals surface area contributed by atoms with Crippen LogP contribution in [-0.2, 0) is 22.1 Å². The lowest BCUT2D eigenvalue weighted by Crippen LogP contribution is -2.62. The first-order chi connectivity index (χ1) is 23.2. The van der Waals surface area contributed by atoms with Crippen LogP contribution in [0.4, 0.5) is 0 Å². The van der Waals surface area contributed by atoms with Crippen molar-refractivity contribution >= 4 is 41.6 Å². The smallest absolute Gasteiger partial charge is 0.184 e. The summed E-state index contributed by atoms with van der Waals surface area (Å²) in [5.41, 5.74) is 1.66. The van der Waals surface area contributed by atoms with Gasteiger partial charge in [-0.3, -0.25) is 0 Å². The zero-order valence-electron chi connectivity index (χ0n) is 38.0. The van der Waals surface area contributed by atoms with Crippen LogP contribution in [-0.4, -0.2) is 71.6 Å². The van der Waals surface area contributed by atoms with Crippen LogP contribution in [0.5, 0.6) is 0 Å². The van der Waals surface area contributed by atoms with Gasteiger partial charge in [-0.1, -0.05) is 32.4 Å². The van der Waals surface area contributed by atoms with E-state index in [9.17, 15) is 0 Å². The molecule has 4 aliphatic carbocycles. The minimum atomic E-state index is -1.83. The predicted octanol–water partition coefficient (Wildman–Crippen LogP) is 12.7. The van der Waals surface area contributed by atoms with Crippen LogP contribution < -0.4 is 0 Å². The van der Waals surface area contributed by atoms with Gasteiger partial charge in [0, 0.05) is 6.10 Å². The Morgan fingerprint density at radius 3 is 1.81 bits per heavy atom. The van der Waals surface area contributed by atoms with Crippen LogP contribution in [0.2, 0.25) is 98.2 Å². The Labute approximate surface area is 328 Å². The summed E-state index contributed by atoms with van der Waals surface area (Å²) in [6, 6.07) is 0. The van der Waals surface area contributed by atoms with E-state index in [1.807, 2.05) is 0 Å². The van der Waals surface area contributed by atoms with Gasteiger partial charge in [0.25, 0.3) is 0 Å². The van der Waals surface area contributed by atoms with Crippen LogP contribution in [0.25, 0.3) is 0 Å². The van der Waals surface area contributed by atoms with Crippen LogP contribution in [0.3, 0.4) is 0 Å². The Morgan fingerprint density at radius 2 is 1.29 bits per heavy atom. The van der Waals surface area contributed by atoms with E-state index in [0.717, 1.165) is 12.8 Å². The molecule has 0 aromatic rings. The average Bonchev–Trinajstić information content (AvgIpc) is 3.26. The first-order valence-electron chi connectivity index (χ1n) is 21.4. The first-order valence-corrected chi connectivity index (χ1v) is 38.4. The normalized spacial score (nSPS) is 36.1. The van der Waals surface area contributed by atoms with Crippen LogP contribution in [0, 0.1) is 40.4 Å².